The van der Waals surface area contributed by atoms with Crippen molar-refractivity contribution in [2.45, 2.75) is 4.90 Å². The number of rotatable bonds is 4. The summed E-state index contributed by atoms with van der Waals surface area (Å²) < 4.78 is 36.5. The number of aromatic nitrogens is 2. The summed E-state index contributed by atoms with van der Waals surface area (Å²) in [7, 11) is 2.46. The van der Waals surface area contributed by atoms with E-state index in [1.54, 1.807) is 38.6 Å². The predicted molar refractivity (Wildman–Crippen MR) is 98.3 cm³/mol. The first-order chi connectivity index (χ1) is 12.4. The van der Waals surface area contributed by atoms with Crippen LogP contribution in [-0.2, 0) is 16.9 Å². The summed E-state index contributed by atoms with van der Waals surface area (Å²) in [5.74, 6) is 1.12. The van der Waals surface area contributed by atoms with E-state index in [1.807, 2.05) is 23.9 Å². The molecule has 0 N–H and O–H groups in total. The van der Waals surface area contributed by atoms with Crippen LogP contribution in [0, 0.1) is 0 Å². The Morgan fingerprint density at radius 2 is 1.74 bits per heavy atom. The molecule has 27 heavy (non-hydrogen) atoms. The molecule has 9 heteroatoms. The standard InChI is InChI=1S/C17H18N2O4S.CH3O.Na/c1-19-10-14(12-7-8-18-17(23-3)16(12)19)13-9-11(24(4,20)21)5-6-15(13)22-2;1-2;/h5-10H,1-4H3;1H3;/q;-1;+1. The molecule has 0 aliphatic heterocycles. The Hall–Kier alpha value is -1.58. The van der Waals surface area contributed by atoms with Crippen LogP contribution >= 0.6 is 0 Å². The van der Waals surface area contributed by atoms with Gasteiger partial charge in [0.1, 0.15) is 11.3 Å². The molecule has 0 atom stereocenters. The third kappa shape index (κ3) is 4.64. The Bertz CT molecular complexity index is 1030. The number of methoxy groups -OCH3 is 2. The maximum Gasteiger partial charge on any atom is 1.00 e. The van der Waals surface area contributed by atoms with Gasteiger partial charge < -0.3 is 19.1 Å². The first-order valence-corrected chi connectivity index (χ1v) is 9.53. The molecular formula is C18H21N2NaO5S. The molecule has 3 rings (SSSR count). The monoisotopic (exact) mass is 400 g/mol. The Kier molecular flexibility index (Phi) is 8.31. The van der Waals surface area contributed by atoms with Gasteiger partial charge in [-0.05, 0) is 24.3 Å². The van der Waals surface area contributed by atoms with Gasteiger partial charge >= 0.3 is 29.6 Å². The molecule has 140 valence electrons. The first-order valence-electron chi connectivity index (χ1n) is 7.64. The van der Waals surface area contributed by atoms with Crippen LogP contribution < -0.4 is 44.1 Å². The third-order valence-corrected chi connectivity index (χ3v) is 5.05. The van der Waals surface area contributed by atoms with Gasteiger partial charge in [0.05, 0.1) is 19.1 Å². The minimum atomic E-state index is -3.32. The molecule has 0 fully saturated rings. The minimum Gasteiger partial charge on any atom is -0.857 e. The first kappa shape index (κ1) is 23.5. The van der Waals surface area contributed by atoms with E-state index in [2.05, 4.69) is 4.98 Å². The molecule has 0 spiro atoms. The van der Waals surface area contributed by atoms with Gasteiger partial charge in [-0.15, -0.1) is 0 Å². The van der Waals surface area contributed by atoms with Gasteiger partial charge in [-0.25, -0.2) is 13.4 Å². The SMILES string of the molecule is COc1ccc(S(C)(=O)=O)cc1-c1cn(C)c2c(OC)nccc12.C[O-].[Na+]. The Morgan fingerprint density at radius 3 is 2.30 bits per heavy atom. The van der Waals surface area contributed by atoms with Crippen molar-refractivity contribution in [1.82, 2.24) is 9.55 Å². The molecule has 0 unspecified atom stereocenters. The predicted octanol–water partition coefficient (Wildman–Crippen LogP) is -1.36. The van der Waals surface area contributed by atoms with Gasteiger partial charge in [0.15, 0.2) is 9.84 Å². The number of nitrogens with zero attached hydrogens (tertiary/aromatic N) is 2. The van der Waals surface area contributed by atoms with Crippen LogP contribution in [0.1, 0.15) is 0 Å². The molecule has 0 amide bonds. The fourth-order valence-corrected chi connectivity index (χ4v) is 3.46. The van der Waals surface area contributed by atoms with Gasteiger partial charge in [-0.2, -0.15) is 7.11 Å². The fourth-order valence-electron chi connectivity index (χ4n) is 2.81. The summed E-state index contributed by atoms with van der Waals surface area (Å²) in [6.07, 6.45) is 4.77. The van der Waals surface area contributed by atoms with Crippen molar-refractivity contribution < 1.29 is 52.6 Å². The molecule has 0 saturated heterocycles. The molecule has 2 heterocycles. The normalized spacial score (nSPS) is 10.6. The van der Waals surface area contributed by atoms with Crippen molar-refractivity contribution in [3.8, 4) is 22.8 Å². The largest absolute Gasteiger partial charge is 1.00 e. The van der Waals surface area contributed by atoms with Gasteiger partial charge in [-0.1, -0.05) is 0 Å². The van der Waals surface area contributed by atoms with Gasteiger partial charge in [-0.3, -0.25) is 0 Å². The number of sulfone groups is 1. The van der Waals surface area contributed by atoms with Crippen LogP contribution in [0.3, 0.4) is 0 Å². The molecule has 0 saturated carbocycles. The second-order valence-corrected chi connectivity index (χ2v) is 7.52. The Balaban J connectivity index is 0.00000118. The number of hydrogen-bond acceptors (Lipinski definition) is 6. The number of aryl methyl sites for hydroxylation is 1. The number of pyridine rings is 1. The fraction of sp³-hybridized carbons (Fsp3) is 0.278. The average molecular weight is 400 g/mol. The zero-order valence-electron chi connectivity index (χ0n) is 16.3. The number of hydrogen-bond donors (Lipinski definition) is 0. The smallest absolute Gasteiger partial charge is 0.857 e. The maximum atomic E-state index is 11.9. The Labute approximate surface area is 181 Å². The van der Waals surface area contributed by atoms with E-state index < -0.39 is 9.84 Å². The van der Waals surface area contributed by atoms with Crippen LogP contribution in [-0.4, -0.2) is 45.6 Å². The summed E-state index contributed by atoms with van der Waals surface area (Å²) in [5.41, 5.74) is 2.40. The number of benzene rings is 1. The van der Waals surface area contributed by atoms with Crippen molar-refractivity contribution in [2.75, 3.05) is 27.6 Å². The maximum absolute atomic E-state index is 11.9. The summed E-state index contributed by atoms with van der Waals surface area (Å²) in [4.78, 5) is 4.47. The van der Waals surface area contributed by atoms with Crippen molar-refractivity contribution in [2.24, 2.45) is 7.05 Å². The van der Waals surface area contributed by atoms with Crippen LogP contribution in [0.25, 0.3) is 22.0 Å². The second kappa shape index (κ2) is 9.57. The zero-order valence-corrected chi connectivity index (χ0v) is 19.1. The molecule has 3 aromatic rings. The van der Waals surface area contributed by atoms with E-state index >= 15 is 0 Å². The molecule has 2 aromatic heterocycles. The van der Waals surface area contributed by atoms with Crippen molar-refractivity contribution in [1.29, 1.82) is 0 Å². The molecule has 0 aliphatic rings. The quantitative estimate of drug-likeness (QED) is 0.503. The minimum absolute atomic E-state index is 0. The van der Waals surface area contributed by atoms with Crippen molar-refractivity contribution >= 4 is 20.7 Å². The molecule has 7 nitrogen and oxygen atoms in total. The van der Waals surface area contributed by atoms with E-state index in [0.717, 1.165) is 23.6 Å². The van der Waals surface area contributed by atoms with Crippen molar-refractivity contribution in [3.05, 3.63) is 36.7 Å². The average Bonchev–Trinajstić information content (AvgIpc) is 2.99. The molecule has 0 bridgehead atoms. The molecule has 0 aliphatic carbocycles. The summed E-state index contributed by atoms with van der Waals surface area (Å²) in [6, 6.07) is 6.73. The summed E-state index contributed by atoms with van der Waals surface area (Å²) >= 11 is 0. The van der Waals surface area contributed by atoms with E-state index in [-0.39, 0.29) is 34.5 Å². The van der Waals surface area contributed by atoms with Crippen LogP contribution in [0.15, 0.2) is 41.6 Å². The zero-order chi connectivity index (χ0) is 19.5. The van der Waals surface area contributed by atoms with Gasteiger partial charge in [0.2, 0.25) is 5.88 Å². The van der Waals surface area contributed by atoms with Gasteiger partial charge in [0.25, 0.3) is 0 Å². The van der Waals surface area contributed by atoms with Crippen LogP contribution in [0.5, 0.6) is 11.6 Å². The van der Waals surface area contributed by atoms with Gasteiger partial charge in [0, 0.05) is 42.2 Å². The molecule has 0 radical (unpaired) electrons. The van der Waals surface area contributed by atoms with E-state index in [1.165, 1.54) is 6.26 Å². The Morgan fingerprint density at radius 1 is 1.07 bits per heavy atom. The third-order valence-electron chi connectivity index (χ3n) is 3.94. The topological polar surface area (TPSA) is 93.5 Å². The van der Waals surface area contributed by atoms with E-state index in [4.69, 9.17) is 14.6 Å². The molecule has 1 aromatic carbocycles. The molecular weight excluding hydrogens is 379 g/mol. The number of ether oxygens (including phenoxy) is 2. The summed E-state index contributed by atoms with van der Waals surface area (Å²) in [5, 5.41) is 9.16. The van der Waals surface area contributed by atoms with E-state index in [9.17, 15) is 8.42 Å². The second-order valence-electron chi connectivity index (χ2n) is 5.50. The van der Waals surface area contributed by atoms with Crippen LogP contribution in [0.2, 0.25) is 0 Å². The van der Waals surface area contributed by atoms with E-state index in [0.29, 0.717) is 17.2 Å². The summed E-state index contributed by atoms with van der Waals surface area (Å²) in [6.45, 7) is 0. The van der Waals surface area contributed by atoms with Crippen LogP contribution in [0.4, 0.5) is 0 Å². The number of fused-ring (bicyclic) bond motifs is 1. The van der Waals surface area contributed by atoms with Crippen molar-refractivity contribution in [3.63, 3.8) is 0 Å².